The maximum atomic E-state index is 9.35. The van der Waals surface area contributed by atoms with Crippen molar-refractivity contribution in [3.05, 3.63) is 71.3 Å². The summed E-state index contributed by atoms with van der Waals surface area (Å²) in [6.07, 6.45) is 2.64. The normalized spacial score (nSPS) is 24.0. The van der Waals surface area contributed by atoms with Crippen LogP contribution in [0.5, 0.6) is 0 Å². The summed E-state index contributed by atoms with van der Waals surface area (Å²) in [7, 11) is 0. The van der Waals surface area contributed by atoms with Gasteiger partial charge < -0.3 is 0 Å². The highest BCUT2D eigenvalue weighted by molar-refractivity contribution is 5.37. The lowest BCUT2D eigenvalue weighted by molar-refractivity contribution is 0.123. The summed E-state index contributed by atoms with van der Waals surface area (Å²) in [6.45, 7) is 5.43. The Morgan fingerprint density at radius 3 is 2.52 bits per heavy atom. The molecule has 5 rings (SSSR count). The maximum Gasteiger partial charge on any atom is 0.0995 e. The minimum Gasteiger partial charge on any atom is -0.297 e. The summed E-state index contributed by atoms with van der Waals surface area (Å²) >= 11 is 0. The standard InChI is InChI=1S/C22H25N3/c23-12-20-8-4-5-9-21(20)16-24-13-19-10-11-22(17-24)25(15-19)14-18-6-2-1-3-7-18/h1-9,19,22H,10-11,13-17H2/t19-,22+/m0/s1. The van der Waals surface area contributed by atoms with Crippen molar-refractivity contribution >= 4 is 0 Å². The average molecular weight is 331 g/mol. The monoisotopic (exact) mass is 331 g/mol. The highest BCUT2D eigenvalue weighted by Crippen LogP contribution is 2.30. The zero-order valence-corrected chi connectivity index (χ0v) is 14.6. The molecule has 2 atom stereocenters. The number of benzene rings is 2. The summed E-state index contributed by atoms with van der Waals surface area (Å²) in [5.41, 5.74) is 3.40. The molecule has 3 aliphatic rings. The predicted molar refractivity (Wildman–Crippen MR) is 99.8 cm³/mol. The van der Waals surface area contributed by atoms with Crippen molar-refractivity contribution in [3.8, 4) is 6.07 Å². The molecule has 3 heteroatoms. The van der Waals surface area contributed by atoms with E-state index < -0.39 is 0 Å². The van der Waals surface area contributed by atoms with Crippen LogP contribution in [-0.4, -0.2) is 35.5 Å². The second kappa shape index (κ2) is 7.39. The highest BCUT2D eigenvalue weighted by atomic mass is 15.3. The number of fused-ring (bicyclic) bond motifs is 4. The van der Waals surface area contributed by atoms with Gasteiger partial charge >= 0.3 is 0 Å². The Bertz CT molecular complexity index is 749. The molecule has 25 heavy (non-hydrogen) atoms. The second-order valence-corrected chi connectivity index (χ2v) is 7.48. The summed E-state index contributed by atoms with van der Waals surface area (Å²) in [5.74, 6) is 0.747. The van der Waals surface area contributed by atoms with E-state index in [-0.39, 0.29) is 0 Å². The first-order valence-electron chi connectivity index (χ1n) is 9.30. The molecule has 0 radical (unpaired) electrons. The van der Waals surface area contributed by atoms with E-state index in [1.54, 1.807) is 0 Å². The van der Waals surface area contributed by atoms with Crippen molar-refractivity contribution in [2.24, 2.45) is 5.92 Å². The number of hydrogen-bond acceptors (Lipinski definition) is 3. The largest absolute Gasteiger partial charge is 0.297 e. The fourth-order valence-electron chi connectivity index (χ4n) is 4.43. The molecule has 2 aromatic rings. The van der Waals surface area contributed by atoms with E-state index in [9.17, 15) is 5.26 Å². The number of rotatable bonds is 4. The summed E-state index contributed by atoms with van der Waals surface area (Å²) < 4.78 is 0. The molecule has 0 N–H and O–H groups in total. The van der Waals surface area contributed by atoms with Crippen LogP contribution in [0.15, 0.2) is 54.6 Å². The minimum atomic E-state index is 0.633. The SMILES string of the molecule is N#Cc1ccccc1CN1C[C@@H]2CC[C@H](C1)N(Cc1ccccc1)C2. The molecule has 128 valence electrons. The van der Waals surface area contributed by atoms with Gasteiger partial charge in [-0.25, -0.2) is 0 Å². The van der Waals surface area contributed by atoms with Crippen LogP contribution >= 0.6 is 0 Å². The molecule has 2 aromatic carbocycles. The van der Waals surface area contributed by atoms with Crippen molar-refractivity contribution in [1.29, 1.82) is 5.26 Å². The third kappa shape index (κ3) is 3.76. The molecule has 3 nitrogen and oxygen atoms in total. The Morgan fingerprint density at radius 1 is 0.880 bits per heavy atom. The molecule has 0 amide bonds. The van der Waals surface area contributed by atoms with Crippen LogP contribution in [-0.2, 0) is 13.1 Å². The van der Waals surface area contributed by atoms with Gasteiger partial charge in [0, 0.05) is 38.8 Å². The predicted octanol–water partition coefficient (Wildman–Crippen LogP) is 3.65. The maximum absolute atomic E-state index is 9.35. The Morgan fingerprint density at radius 2 is 1.68 bits per heavy atom. The van der Waals surface area contributed by atoms with Crippen LogP contribution in [0.3, 0.4) is 0 Å². The van der Waals surface area contributed by atoms with Crippen LogP contribution in [0.25, 0.3) is 0 Å². The van der Waals surface area contributed by atoms with Crippen molar-refractivity contribution in [3.63, 3.8) is 0 Å². The number of nitrogens with zero attached hydrogens (tertiary/aromatic N) is 3. The highest BCUT2D eigenvalue weighted by Gasteiger charge is 2.34. The van der Waals surface area contributed by atoms with Crippen LogP contribution in [0, 0.1) is 17.2 Å². The van der Waals surface area contributed by atoms with E-state index in [1.807, 2.05) is 18.2 Å². The number of nitriles is 1. The molecule has 3 fully saturated rings. The van der Waals surface area contributed by atoms with Gasteiger partial charge in [0.25, 0.3) is 0 Å². The zero-order valence-electron chi connectivity index (χ0n) is 14.6. The molecule has 0 saturated carbocycles. The van der Waals surface area contributed by atoms with E-state index in [0.29, 0.717) is 6.04 Å². The van der Waals surface area contributed by atoms with E-state index in [2.05, 4.69) is 52.3 Å². The van der Waals surface area contributed by atoms with Gasteiger partial charge in [0.05, 0.1) is 11.6 Å². The number of piperidine rings is 1. The van der Waals surface area contributed by atoms with Crippen molar-refractivity contribution < 1.29 is 0 Å². The fraction of sp³-hybridized carbons (Fsp3) is 0.409. The molecule has 3 saturated heterocycles. The average Bonchev–Trinajstić information content (AvgIpc) is 2.93. The lowest BCUT2D eigenvalue weighted by Crippen LogP contribution is -2.43. The Balaban J connectivity index is 1.47. The summed E-state index contributed by atoms with van der Waals surface area (Å²) in [5, 5.41) is 9.35. The Hall–Kier alpha value is -2.15. The van der Waals surface area contributed by atoms with Gasteiger partial charge in [0.15, 0.2) is 0 Å². The van der Waals surface area contributed by atoms with Gasteiger partial charge in [-0.1, -0.05) is 48.5 Å². The first-order valence-corrected chi connectivity index (χ1v) is 9.30. The second-order valence-electron chi connectivity index (χ2n) is 7.48. The molecule has 2 bridgehead atoms. The zero-order chi connectivity index (χ0) is 17.1. The van der Waals surface area contributed by atoms with Crippen LogP contribution in [0.1, 0.15) is 29.5 Å². The van der Waals surface area contributed by atoms with Crippen molar-refractivity contribution in [2.45, 2.75) is 32.0 Å². The first-order chi connectivity index (χ1) is 12.3. The van der Waals surface area contributed by atoms with Gasteiger partial charge in [-0.3, -0.25) is 9.80 Å². The molecule has 0 aliphatic carbocycles. The Labute approximate surface area is 150 Å². The molecule has 0 spiro atoms. The summed E-state index contributed by atoms with van der Waals surface area (Å²) in [4.78, 5) is 5.25. The van der Waals surface area contributed by atoms with Crippen molar-refractivity contribution in [1.82, 2.24) is 9.80 Å². The topological polar surface area (TPSA) is 30.3 Å². The molecule has 3 aliphatic heterocycles. The third-order valence-electron chi connectivity index (χ3n) is 5.66. The van der Waals surface area contributed by atoms with Gasteiger partial charge in [-0.05, 0) is 36.0 Å². The Kier molecular flexibility index (Phi) is 4.83. The van der Waals surface area contributed by atoms with E-state index >= 15 is 0 Å². The smallest absolute Gasteiger partial charge is 0.0995 e. The fourth-order valence-corrected chi connectivity index (χ4v) is 4.43. The quantitative estimate of drug-likeness (QED) is 0.856. The van der Waals surface area contributed by atoms with Crippen LogP contribution in [0.4, 0.5) is 0 Å². The first kappa shape index (κ1) is 16.3. The van der Waals surface area contributed by atoms with Crippen LogP contribution in [0.2, 0.25) is 0 Å². The van der Waals surface area contributed by atoms with Gasteiger partial charge in [0.2, 0.25) is 0 Å². The summed E-state index contributed by atoms with van der Waals surface area (Å²) in [6, 6.07) is 21.8. The lowest BCUT2D eigenvalue weighted by Gasteiger charge is -2.36. The van der Waals surface area contributed by atoms with Gasteiger partial charge in [0.1, 0.15) is 0 Å². The minimum absolute atomic E-state index is 0.633. The molecule has 3 heterocycles. The van der Waals surface area contributed by atoms with Crippen molar-refractivity contribution in [2.75, 3.05) is 19.6 Å². The molecular weight excluding hydrogens is 306 g/mol. The van der Waals surface area contributed by atoms with Gasteiger partial charge in [-0.15, -0.1) is 0 Å². The number of hydrogen-bond donors (Lipinski definition) is 0. The van der Waals surface area contributed by atoms with Gasteiger partial charge in [-0.2, -0.15) is 5.26 Å². The molecular formula is C22H25N3. The molecule has 0 aromatic heterocycles. The van der Waals surface area contributed by atoms with E-state index in [1.165, 1.54) is 30.5 Å². The van der Waals surface area contributed by atoms with E-state index in [0.717, 1.165) is 37.7 Å². The van der Waals surface area contributed by atoms with Crippen LogP contribution < -0.4 is 0 Å². The molecule has 0 unspecified atom stereocenters. The third-order valence-corrected chi connectivity index (χ3v) is 5.66. The lowest BCUT2D eigenvalue weighted by atomic mass is 9.94. The van der Waals surface area contributed by atoms with E-state index in [4.69, 9.17) is 0 Å².